The third-order valence-electron chi connectivity index (χ3n) is 3.49. The lowest BCUT2D eigenvalue weighted by molar-refractivity contribution is 0.472. The monoisotopic (exact) mass is 239 g/mol. The van der Waals surface area contributed by atoms with E-state index in [1.165, 1.54) is 19.3 Å². The maximum Gasteiger partial charge on any atom is 0.128 e. The van der Waals surface area contributed by atoms with Crippen LogP contribution in [0.15, 0.2) is 18.3 Å². The summed E-state index contributed by atoms with van der Waals surface area (Å²) in [6.45, 7) is 0.766. The fourth-order valence-corrected chi connectivity index (χ4v) is 2.66. The van der Waals surface area contributed by atoms with Crippen LogP contribution in [-0.2, 0) is 0 Å². The standard InChI is InChI=1S/C12H18ClN3/c1-16(11-4-2-3-9(11)7-14)12-6-5-10(13)8-15-12/h5-6,8-9,11H,2-4,7,14H2,1H3. The second-order valence-corrected chi connectivity index (χ2v) is 4.88. The molecule has 0 spiro atoms. The van der Waals surface area contributed by atoms with Crippen molar-refractivity contribution in [3.63, 3.8) is 0 Å². The molecule has 3 nitrogen and oxygen atoms in total. The Kier molecular flexibility index (Phi) is 3.66. The van der Waals surface area contributed by atoms with E-state index in [4.69, 9.17) is 17.3 Å². The largest absolute Gasteiger partial charge is 0.356 e. The van der Waals surface area contributed by atoms with Crippen molar-refractivity contribution >= 4 is 17.4 Å². The molecule has 0 saturated heterocycles. The summed E-state index contributed by atoms with van der Waals surface area (Å²) < 4.78 is 0. The predicted molar refractivity (Wildman–Crippen MR) is 67.8 cm³/mol. The van der Waals surface area contributed by atoms with Crippen LogP contribution >= 0.6 is 11.6 Å². The van der Waals surface area contributed by atoms with E-state index in [0.29, 0.717) is 17.0 Å². The second kappa shape index (κ2) is 5.02. The minimum absolute atomic E-state index is 0.527. The summed E-state index contributed by atoms with van der Waals surface area (Å²) in [4.78, 5) is 6.58. The third-order valence-corrected chi connectivity index (χ3v) is 3.72. The summed E-state index contributed by atoms with van der Waals surface area (Å²) in [5.41, 5.74) is 5.80. The Morgan fingerprint density at radius 3 is 2.94 bits per heavy atom. The molecule has 1 aliphatic rings. The molecule has 1 saturated carbocycles. The molecule has 0 radical (unpaired) electrons. The zero-order valence-electron chi connectivity index (χ0n) is 9.56. The van der Waals surface area contributed by atoms with E-state index in [2.05, 4.69) is 16.9 Å². The van der Waals surface area contributed by atoms with Gasteiger partial charge in [-0.1, -0.05) is 18.0 Å². The Hall–Kier alpha value is -0.800. The zero-order chi connectivity index (χ0) is 11.5. The van der Waals surface area contributed by atoms with Gasteiger partial charge in [-0.05, 0) is 37.4 Å². The number of aromatic nitrogens is 1. The molecule has 0 aromatic carbocycles. The van der Waals surface area contributed by atoms with Crippen LogP contribution in [0, 0.1) is 5.92 Å². The van der Waals surface area contributed by atoms with Crippen molar-refractivity contribution < 1.29 is 0 Å². The van der Waals surface area contributed by atoms with Gasteiger partial charge in [-0.25, -0.2) is 4.98 Å². The summed E-state index contributed by atoms with van der Waals surface area (Å²) in [6, 6.07) is 4.37. The highest BCUT2D eigenvalue weighted by Crippen LogP contribution is 2.30. The Morgan fingerprint density at radius 1 is 1.50 bits per heavy atom. The van der Waals surface area contributed by atoms with E-state index in [1.54, 1.807) is 6.20 Å². The summed E-state index contributed by atoms with van der Waals surface area (Å²) in [7, 11) is 2.09. The first-order valence-electron chi connectivity index (χ1n) is 5.77. The van der Waals surface area contributed by atoms with Crippen LogP contribution in [0.1, 0.15) is 19.3 Å². The maximum absolute atomic E-state index is 5.83. The molecule has 0 aliphatic heterocycles. The van der Waals surface area contributed by atoms with Crippen molar-refractivity contribution in [3.8, 4) is 0 Å². The number of hydrogen-bond donors (Lipinski definition) is 1. The highest BCUT2D eigenvalue weighted by Gasteiger charge is 2.29. The molecule has 2 atom stereocenters. The molecule has 1 aromatic rings. The lowest BCUT2D eigenvalue weighted by atomic mass is 10.0. The Balaban J connectivity index is 2.12. The third kappa shape index (κ3) is 2.30. The van der Waals surface area contributed by atoms with Crippen LogP contribution in [0.4, 0.5) is 5.82 Å². The van der Waals surface area contributed by atoms with Crippen molar-refractivity contribution in [1.82, 2.24) is 4.98 Å². The molecule has 1 aromatic heterocycles. The van der Waals surface area contributed by atoms with Crippen LogP contribution in [0.5, 0.6) is 0 Å². The fraction of sp³-hybridized carbons (Fsp3) is 0.583. The van der Waals surface area contributed by atoms with E-state index in [1.807, 2.05) is 12.1 Å². The molecule has 1 heterocycles. The van der Waals surface area contributed by atoms with E-state index >= 15 is 0 Å². The summed E-state index contributed by atoms with van der Waals surface area (Å²) >= 11 is 5.83. The molecule has 2 N–H and O–H groups in total. The normalized spacial score (nSPS) is 24.7. The van der Waals surface area contributed by atoms with Crippen LogP contribution in [-0.4, -0.2) is 24.6 Å². The van der Waals surface area contributed by atoms with Gasteiger partial charge in [0.25, 0.3) is 0 Å². The Bertz CT molecular complexity index is 339. The van der Waals surface area contributed by atoms with E-state index in [0.717, 1.165) is 12.4 Å². The number of pyridine rings is 1. The van der Waals surface area contributed by atoms with Crippen LogP contribution in [0.25, 0.3) is 0 Å². The summed E-state index contributed by atoms with van der Waals surface area (Å²) in [6.07, 6.45) is 5.41. The van der Waals surface area contributed by atoms with Gasteiger partial charge >= 0.3 is 0 Å². The fourth-order valence-electron chi connectivity index (χ4n) is 2.55. The van der Waals surface area contributed by atoms with E-state index in [9.17, 15) is 0 Å². The highest BCUT2D eigenvalue weighted by molar-refractivity contribution is 6.30. The van der Waals surface area contributed by atoms with E-state index < -0.39 is 0 Å². The average molecular weight is 240 g/mol. The van der Waals surface area contributed by atoms with Gasteiger partial charge in [-0.15, -0.1) is 0 Å². The molecule has 2 unspecified atom stereocenters. The van der Waals surface area contributed by atoms with Gasteiger partial charge in [0.05, 0.1) is 5.02 Å². The molecule has 0 amide bonds. The molecule has 0 bridgehead atoms. The van der Waals surface area contributed by atoms with Crippen LogP contribution in [0.3, 0.4) is 0 Å². The van der Waals surface area contributed by atoms with E-state index in [-0.39, 0.29) is 0 Å². The second-order valence-electron chi connectivity index (χ2n) is 4.44. The average Bonchev–Trinajstić information content (AvgIpc) is 2.77. The van der Waals surface area contributed by atoms with Gasteiger partial charge < -0.3 is 10.6 Å². The Morgan fingerprint density at radius 2 is 2.31 bits per heavy atom. The molecule has 1 fully saturated rings. The molecule has 88 valence electrons. The zero-order valence-corrected chi connectivity index (χ0v) is 10.3. The first-order valence-corrected chi connectivity index (χ1v) is 6.14. The molecular formula is C12H18ClN3. The first kappa shape index (κ1) is 11.7. The van der Waals surface area contributed by atoms with Crippen molar-refractivity contribution in [3.05, 3.63) is 23.4 Å². The van der Waals surface area contributed by atoms with Crippen molar-refractivity contribution in [1.29, 1.82) is 0 Å². The number of anilines is 1. The summed E-state index contributed by atoms with van der Waals surface area (Å²) in [5, 5.41) is 0.680. The van der Waals surface area contributed by atoms with Gasteiger partial charge in [-0.2, -0.15) is 0 Å². The lowest BCUT2D eigenvalue weighted by Gasteiger charge is -2.30. The summed E-state index contributed by atoms with van der Waals surface area (Å²) in [5.74, 6) is 1.58. The van der Waals surface area contributed by atoms with Gasteiger partial charge in [0.15, 0.2) is 0 Å². The van der Waals surface area contributed by atoms with Gasteiger partial charge in [0.1, 0.15) is 5.82 Å². The molecule has 16 heavy (non-hydrogen) atoms. The SMILES string of the molecule is CN(c1ccc(Cl)cn1)C1CCCC1CN. The molecular weight excluding hydrogens is 222 g/mol. The number of rotatable bonds is 3. The van der Waals surface area contributed by atoms with Gasteiger partial charge in [0, 0.05) is 19.3 Å². The number of hydrogen-bond acceptors (Lipinski definition) is 3. The maximum atomic E-state index is 5.83. The molecule has 2 rings (SSSR count). The van der Waals surface area contributed by atoms with Crippen molar-refractivity contribution in [2.24, 2.45) is 11.7 Å². The van der Waals surface area contributed by atoms with Crippen LogP contribution in [0.2, 0.25) is 5.02 Å². The predicted octanol–water partition coefficient (Wildman–Crippen LogP) is 2.30. The smallest absolute Gasteiger partial charge is 0.128 e. The molecule has 1 aliphatic carbocycles. The van der Waals surface area contributed by atoms with Crippen molar-refractivity contribution in [2.75, 3.05) is 18.5 Å². The number of nitrogens with zero attached hydrogens (tertiary/aromatic N) is 2. The van der Waals surface area contributed by atoms with Crippen LogP contribution < -0.4 is 10.6 Å². The van der Waals surface area contributed by atoms with Gasteiger partial charge in [-0.3, -0.25) is 0 Å². The highest BCUT2D eigenvalue weighted by atomic mass is 35.5. The lowest BCUT2D eigenvalue weighted by Crippen LogP contribution is -2.38. The number of nitrogens with two attached hydrogens (primary N) is 1. The Labute approximate surface area is 102 Å². The van der Waals surface area contributed by atoms with Crippen molar-refractivity contribution in [2.45, 2.75) is 25.3 Å². The first-order chi connectivity index (χ1) is 7.72. The van der Waals surface area contributed by atoms with Gasteiger partial charge in [0.2, 0.25) is 0 Å². The quantitative estimate of drug-likeness (QED) is 0.880. The number of halogens is 1. The minimum Gasteiger partial charge on any atom is -0.356 e. The topological polar surface area (TPSA) is 42.2 Å². The minimum atomic E-state index is 0.527. The molecule has 4 heteroatoms.